The van der Waals surface area contributed by atoms with Gasteiger partial charge in [0.05, 0.1) is 6.61 Å². The van der Waals surface area contributed by atoms with E-state index in [4.69, 9.17) is 4.74 Å². The van der Waals surface area contributed by atoms with E-state index in [1.807, 2.05) is 0 Å². The van der Waals surface area contributed by atoms with Crippen molar-refractivity contribution in [1.29, 1.82) is 0 Å². The number of methoxy groups -OCH3 is 1. The van der Waals surface area contributed by atoms with E-state index in [0.29, 0.717) is 18.2 Å². The summed E-state index contributed by atoms with van der Waals surface area (Å²) in [7, 11) is 1.71. The molecule has 1 fully saturated rings. The van der Waals surface area contributed by atoms with Gasteiger partial charge >= 0.3 is 0 Å². The Kier molecular flexibility index (Phi) is 5.95. The SMILES string of the molecule is COCCN1CCCC(CNC(=O)c2cccc(=O)[nH]2)C1. The molecule has 21 heavy (non-hydrogen) atoms. The van der Waals surface area contributed by atoms with Crippen LogP contribution in [0.15, 0.2) is 23.0 Å². The van der Waals surface area contributed by atoms with Crippen LogP contribution in [0.1, 0.15) is 23.3 Å². The fourth-order valence-corrected chi connectivity index (χ4v) is 2.65. The van der Waals surface area contributed by atoms with Crippen LogP contribution in [-0.2, 0) is 4.74 Å². The number of nitrogens with zero attached hydrogens (tertiary/aromatic N) is 1. The molecule has 0 saturated carbocycles. The topological polar surface area (TPSA) is 74.4 Å². The van der Waals surface area contributed by atoms with E-state index in [2.05, 4.69) is 15.2 Å². The van der Waals surface area contributed by atoms with Gasteiger partial charge in [-0.2, -0.15) is 0 Å². The smallest absolute Gasteiger partial charge is 0.267 e. The minimum absolute atomic E-state index is 0.221. The molecule has 1 saturated heterocycles. The number of hydrogen-bond acceptors (Lipinski definition) is 4. The molecule has 6 heteroatoms. The monoisotopic (exact) mass is 293 g/mol. The van der Waals surface area contributed by atoms with Crippen LogP contribution in [0.3, 0.4) is 0 Å². The van der Waals surface area contributed by atoms with Crippen LogP contribution in [0, 0.1) is 5.92 Å². The minimum atomic E-state index is -0.258. The van der Waals surface area contributed by atoms with Crippen molar-refractivity contribution in [3.8, 4) is 0 Å². The molecule has 0 radical (unpaired) electrons. The van der Waals surface area contributed by atoms with Crippen LogP contribution < -0.4 is 10.9 Å². The van der Waals surface area contributed by atoms with Crippen molar-refractivity contribution in [2.45, 2.75) is 12.8 Å². The molecular formula is C15H23N3O3. The van der Waals surface area contributed by atoms with Crippen molar-refractivity contribution in [3.63, 3.8) is 0 Å². The van der Waals surface area contributed by atoms with Crippen LogP contribution in [-0.4, -0.2) is 55.7 Å². The molecule has 2 heterocycles. The zero-order valence-corrected chi connectivity index (χ0v) is 12.4. The largest absolute Gasteiger partial charge is 0.383 e. The lowest BCUT2D eigenvalue weighted by molar-refractivity contribution is 0.0908. The van der Waals surface area contributed by atoms with Gasteiger partial charge in [0.25, 0.3) is 5.91 Å². The molecule has 0 bridgehead atoms. The summed E-state index contributed by atoms with van der Waals surface area (Å²) in [5.41, 5.74) is 0.0561. The third-order valence-corrected chi connectivity index (χ3v) is 3.78. The van der Waals surface area contributed by atoms with Gasteiger partial charge in [0.1, 0.15) is 5.69 Å². The third kappa shape index (κ3) is 4.99. The summed E-state index contributed by atoms with van der Waals surface area (Å²) < 4.78 is 5.10. The zero-order chi connectivity index (χ0) is 15.1. The number of H-pyrrole nitrogens is 1. The van der Waals surface area contributed by atoms with E-state index in [0.717, 1.165) is 39.1 Å². The maximum Gasteiger partial charge on any atom is 0.267 e. The third-order valence-electron chi connectivity index (χ3n) is 3.78. The molecule has 1 aliphatic rings. The highest BCUT2D eigenvalue weighted by molar-refractivity contribution is 5.92. The van der Waals surface area contributed by atoms with Crippen LogP contribution in [0.5, 0.6) is 0 Å². The fourth-order valence-electron chi connectivity index (χ4n) is 2.65. The summed E-state index contributed by atoms with van der Waals surface area (Å²) in [6.07, 6.45) is 2.27. The van der Waals surface area contributed by atoms with E-state index in [1.54, 1.807) is 19.2 Å². The van der Waals surface area contributed by atoms with Gasteiger partial charge in [0.15, 0.2) is 0 Å². The summed E-state index contributed by atoms with van der Waals surface area (Å²) in [5, 5.41) is 2.91. The van der Waals surface area contributed by atoms with Crippen LogP contribution >= 0.6 is 0 Å². The Morgan fingerprint density at radius 1 is 1.52 bits per heavy atom. The predicted octanol–water partition coefficient (Wildman–Crippen LogP) is 0.463. The maximum atomic E-state index is 12.0. The van der Waals surface area contributed by atoms with Gasteiger partial charge in [-0.1, -0.05) is 6.07 Å². The second kappa shape index (κ2) is 7.95. The minimum Gasteiger partial charge on any atom is -0.383 e. The van der Waals surface area contributed by atoms with Crippen molar-refractivity contribution < 1.29 is 9.53 Å². The summed E-state index contributed by atoms with van der Waals surface area (Å²) in [6.45, 7) is 4.39. The first-order valence-electron chi connectivity index (χ1n) is 7.38. The zero-order valence-electron chi connectivity index (χ0n) is 12.4. The number of carbonyl (C=O) groups excluding carboxylic acids is 1. The quantitative estimate of drug-likeness (QED) is 0.799. The van der Waals surface area contributed by atoms with Crippen molar-refractivity contribution in [3.05, 3.63) is 34.2 Å². The van der Waals surface area contributed by atoms with E-state index in [-0.39, 0.29) is 11.5 Å². The highest BCUT2D eigenvalue weighted by atomic mass is 16.5. The molecule has 0 aliphatic carbocycles. The molecule has 1 aromatic rings. The Labute approximate surface area is 124 Å². The van der Waals surface area contributed by atoms with Gasteiger partial charge < -0.3 is 19.9 Å². The number of hydrogen-bond donors (Lipinski definition) is 2. The number of aromatic amines is 1. The Hall–Kier alpha value is -1.66. The van der Waals surface area contributed by atoms with Gasteiger partial charge in [0.2, 0.25) is 5.56 Å². The number of pyridine rings is 1. The Morgan fingerprint density at radius 3 is 3.14 bits per heavy atom. The average Bonchev–Trinajstić information content (AvgIpc) is 2.51. The molecule has 0 aromatic carbocycles. The number of likely N-dealkylation sites (tertiary alicyclic amines) is 1. The normalized spacial score (nSPS) is 19.4. The van der Waals surface area contributed by atoms with Gasteiger partial charge in [0, 0.05) is 32.8 Å². The molecular weight excluding hydrogens is 270 g/mol. The molecule has 2 rings (SSSR count). The van der Waals surface area contributed by atoms with Crippen molar-refractivity contribution in [2.75, 3.05) is 39.9 Å². The number of piperidine rings is 1. The first kappa shape index (κ1) is 15.7. The standard InChI is InChI=1S/C15H23N3O3/c1-21-9-8-18-7-3-4-12(11-18)10-16-15(20)13-5-2-6-14(19)17-13/h2,5-6,12H,3-4,7-11H2,1H3,(H,16,20)(H,17,19). The summed E-state index contributed by atoms with van der Waals surface area (Å²) in [6, 6.07) is 4.59. The molecule has 0 spiro atoms. The number of aromatic nitrogens is 1. The van der Waals surface area contributed by atoms with Gasteiger partial charge in [-0.15, -0.1) is 0 Å². The molecule has 1 amide bonds. The number of carbonyl (C=O) groups is 1. The van der Waals surface area contributed by atoms with Crippen molar-refractivity contribution in [1.82, 2.24) is 15.2 Å². The number of nitrogens with one attached hydrogen (secondary N) is 2. The molecule has 6 nitrogen and oxygen atoms in total. The average molecular weight is 293 g/mol. The summed E-state index contributed by atoms with van der Waals surface area (Å²) in [4.78, 5) is 28.1. The molecule has 1 atom stereocenters. The van der Waals surface area contributed by atoms with E-state index >= 15 is 0 Å². The predicted molar refractivity (Wildman–Crippen MR) is 80.4 cm³/mol. The second-order valence-corrected chi connectivity index (χ2v) is 5.44. The Morgan fingerprint density at radius 2 is 2.38 bits per heavy atom. The summed E-state index contributed by atoms with van der Waals surface area (Å²) >= 11 is 0. The Balaban J connectivity index is 1.79. The van der Waals surface area contributed by atoms with Crippen molar-refractivity contribution in [2.24, 2.45) is 5.92 Å². The molecule has 1 aliphatic heterocycles. The first-order valence-corrected chi connectivity index (χ1v) is 7.38. The first-order chi connectivity index (χ1) is 10.2. The van der Waals surface area contributed by atoms with E-state index in [1.165, 1.54) is 6.07 Å². The van der Waals surface area contributed by atoms with Gasteiger partial charge in [-0.25, -0.2) is 0 Å². The molecule has 1 aromatic heterocycles. The lowest BCUT2D eigenvalue weighted by atomic mass is 9.98. The van der Waals surface area contributed by atoms with Gasteiger partial charge in [-0.3, -0.25) is 9.59 Å². The number of amides is 1. The number of ether oxygens (including phenoxy) is 1. The summed E-state index contributed by atoms with van der Waals surface area (Å²) in [5.74, 6) is 0.233. The second-order valence-electron chi connectivity index (χ2n) is 5.44. The van der Waals surface area contributed by atoms with Gasteiger partial charge in [-0.05, 0) is 31.4 Å². The highest BCUT2D eigenvalue weighted by Crippen LogP contribution is 2.15. The number of rotatable bonds is 6. The lowest BCUT2D eigenvalue weighted by Crippen LogP contribution is -2.42. The fraction of sp³-hybridized carbons (Fsp3) is 0.600. The van der Waals surface area contributed by atoms with E-state index in [9.17, 15) is 9.59 Å². The van der Waals surface area contributed by atoms with E-state index < -0.39 is 0 Å². The van der Waals surface area contributed by atoms with Crippen LogP contribution in [0.25, 0.3) is 0 Å². The molecule has 116 valence electrons. The Bertz CT molecular complexity index is 515. The highest BCUT2D eigenvalue weighted by Gasteiger charge is 2.20. The van der Waals surface area contributed by atoms with Crippen molar-refractivity contribution >= 4 is 5.91 Å². The lowest BCUT2D eigenvalue weighted by Gasteiger charge is -2.32. The molecule has 2 N–H and O–H groups in total. The molecule has 1 unspecified atom stereocenters. The van der Waals surface area contributed by atoms with Crippen LogP contribution in [0.2, 0.25) is 0 Å². The maximum absolute atomic E-state index is 12.0. The van der Waals surface area contributed by atoms with Crippen LogP contribution in [0.4, 0.5) is 0 Å².